The van der Waals surface area contributed by atoms with Crippen molar-refractivity contribution in [3.05, 3.63) is 35.5 Å². The third-order valence-electron chi connectivity index (χ3n) is 4.78. The molecule has 1 saturated heterocycles. The van der Waals surface area contributed by atoms with E-state index in [-0.39, 0.29) is 42.7 Å². The zero-order chi connectivity index (χ0) is 20.7. The van der Waals surface area contributed by atoms with E-state index < -0.39 is 29.9 Å². The fourth-order valence-corrected chi connectivity index (χ4v) is 3.29. The van der Waals surface area contributed by atoms with Crippen molar-refractivity contribution in [1.29, 1.82) is 0 Å². The van der Waals surface area contributed by atoms with E-state index in [9.17, 15) is 31.1 Å². The number of ether oxygens (including phenoxy) is 1. The van der Waals surface area contributed by atoms with Gasteiger partial charge in [-0.2, -0.15) is 26.3 Å². The molecular weight excluding hydrogens is 390 g/mol. The average molecular weight is 406 g/mol. The summed E-state index contributed by atoms with van der Waals surface area (Å²) in [5, 5.41) is 0.435. The molecule has 2 aromatic rings. The maximum Gasteiger partial charge on any atom is 0.433 e. The van der Waals surface area contributed by atoms with Gasteiger partial charge in [-0.05, 0) is 42.5 Å². The Morgan fingerprint density at radius 2 is 1.75 bits per heavy atom. The predicted molar refractivity (Wildman–Crippen MR) is 89.1 cm³/mol. The number of halogens is 6. The van der Waals surface area contributed by atoms with Crippen LogP contribution < -0.4 is 4.90 Å². The summed E-state index contributed by atoms with van der Waals surface area (Å²) < 4.78 is 83.0. The van der Waals surface area contributed by atoms with Gasteiger partial charge in [-0.25, -0.2) is 9.78 Å². The first-order valence-corrected chi connectivity index (χ1v) is 8.42. The number of pyridine rings is 1. The number of carbonyl (C=O) groups is 1. The van der Waals surface area contributed by atoms with Gasteiger partial charge in [0.25, 0.3) is 0 Å². The molecule has 1 aromatic carbocycles. The number of alkyl halides is 6. The second-order valence-electron chi connectivity index (χ2n) is 6.56. The molecule has 0 spiro atoms. The van der Waals surface area contributed by atoms with Gasteiger partial charge in [-0.1, -0.05) is 0 Å². The summed E-state index contributed by atoms with van der Waals surface area (Å²) in [5.41, 5.74) is -1.11. The number of hydrogen-bond donors (Lipinski definition) is 0. The van der Waals surface area contributed by atoms with Crippen LogP contribution in [0.4, 0.5) is 32.2 Å². The summed E-state index contributed by atoms with van der Waals surface area (Å²) in [6.45, 7) is -0.126. The summed E-state index contributed by atoms with van der Waals surface area (Å²) in [6, 6.07) is 4.88. The number of hydrogen-bond acceptors (Lipinski definition) is 4. The Balaban J connectivity index is 2.04. The minimum Gasteiger partial charge on any atom is -0.465 e. The van der Waals surface area contributed by atoms with Gasteiger partial charge in [0, 0.05) is 18.5 Å². The van der Waals surface area contributed by atoms with Crippen LogP contribution in [0.5, 0.6) is 0 Å². The van der Waals surface area contributed by atoms with Crippen LogP contribution in [-0.2, 0) is 10.9 Å². The molecule has 1 aliphatic rings. The molecule has 0 radical (unpaired) electrons. The SMILES string of the molecule is COC(=O)c1ccc2c(N3CCC(C(F)(F)F)CC3)nc(C(F)(F)F)cc2c1. The fourth-order valence-electron chi connectivity index (χ4n) is 3.29. The number of benzene rings is 1. The summed E-state index contributed by atoms with van der Waals surface area (Å²) >= 11 is 0. The Bertz CT molecular complexity index is 886. The maximum absolute atomic E-state index is 13.3. The van der Waals surface area contributed by atoms with Crippen molar-refractivity contribution in [2.24, 2.45) is 5.92 Å². The molecule has 0 saturated carbocycles. The largest absolute Gasteiger partial charge is 0.465 e. The van der Waals surface area contributed by atoms with Crippen molar-refractivity contribution in [3.63, 3.8) is 0 Å². The number of carbonyl (C=O) groups excluding carboxylic acids is 1. The van der Waals surface area contributed by atoms with Gasteiger partial charge in [0.05, 0.1) is 18.6 Å². The fraction of sp³-hybridized carbons (Fsp3) is 0.444. The molecule has 1 aromatic heterocycles. The van der Waals surface area contributed by atoms with Gasteiger partial charge < -0.3 is 9.64 Å². The highest BCUT2D eigenvalue weighted by atomic mass is 19.4. The molecule has 0 aliphatic carbocycles. The Labute approximate surface area is 156 Å². The van der Waals surface area contributed by atoms with E-state index in [0.717, 1.165) is 13.2 Å². The van der Waals surface area contributed by atoms with Gasteiger partial charge in [-0.3, -0.25) is 0 Å². The number of rotatable bonds is 2. The molecule has 3 rings (SSSR count). The summed E-state index contributed by atoms with van der Waals surface area (Å²) in [4.78, 5) is 16.8. The monoisotopic (exact) mass is 406 g/mol. The van der Waals surface area contributed by atoms with Crippen LogP contribution in [0.15, 0.2) is 24.3 Å². The predicted octanol–water partition coefficient (Wildman–Crippen LogP) is 4.82. The first kappa shape index (κ1) is 20.2. The van der Waals surface area contributed by atoms with Crippen LogP contribution in [0, 0.1) is 5.92 Å². The quantitative estimate of drug-likeness (QED) is 0.530. The van der Waals surface area contributed by atoms with Gasteiger partial charge in [-0.15, -0.1) is 0 Å². The molecule has 0 unspecified atom stereocenters. The van der Waals surface area contributed by atoms with Gasteiger partial charge in [0.1, 0.15) is 11.5 Å². The Kier molecular flexibility index (Phi) is 5.16. The highest BCUT2D eigenvalue weighted by Gasteiger charge is 2.42. The summed E-state index contributed by atoms with van der Waals surface area (Å²) in [5.74, 6) is -2.23. The first-order chi connectivity index (χ1) is 13.0. The van der Waals surface area contributed by atoms with E-state index in [4.69, 9.17) is 0 Å². The van der Waals surface area contributed by atoms with Crippen molar-refractivity contribution in [2.45, 2.75) is 25.2 Å². The van der Waals surface area contributed by atoms with Crippen LogP contribution in [-0.4, -0.2) is 37.3 Å². The first-order valence-electron chi connectivity index (χ1n) is 8.42. The van der Waals surface area contributed by atoms with Crippen LogP contribution in [0.1, 0.15) is 28.9 Å². The van der Waals surface area contributed by atoms with E-state index in [1.165, 1.54) is 23.1 Å². The second-order valence-corrected chi connectivity index (χ2v) is 6.56. The highest BCUT2D eigenvalue weighted by molar-refractivity contribution is 5.99. The topological polar surface area (TPSA) is 42.4 Å². The number of esters is 1. The molecule has 10 heteroatoms. The van der Waals surface area contributed by atoms with Crippen molar-refractivity contribution in [2.75, 3.05) is 25.1 Å². The average Bonchev–Trinajstić information content (AvgIpc) is 2.64. The maximum atomic E-state index is 13.3. The van der Waals surface area contributed by atoms with Crippen molar-refractivity contribution in [3.8, 4) is 0 Å². The van der Waals surface area contributed by atoms with Crippen LogP contribution in [0.2, 0.25) is 0 Å². The standard InChI is InChI=1S/C18H16F6N2O2/c1-28-16(27)10-2-3-13-11(8-10)9-14(18(22,23)24)25-15(13)26-6-4-12(5-7-26)17(19,20)21/h2-3,8-9,12H,4-7H2,1H3. The molecule has 28 heavy (non-hydrogen) atoms. The highest BCUT2D eigenvalue weighted by Crippen LogP contribution is 2.38. The van der Waals surface area contributed by atoms with E-state index in [2.05, 4.69) is 9.72 Å². The van der Waals surface area contributed by atoms with Crippen molar-refractivity contribution >= 4 is 22.6 Å². The lowest BCUT2D eigenvalue weighted by molar-refractivity contribution is -0.179. The van der Waals surface area contributed by atoms with E-state index >= 15 is 0 Å². The molecule has 2 heterocycles. The summed E-state index contributed by atoms with van der Waals surface area (Å²) in [6.07, 6.45) is -9.51. The number of methoxy groups -OCH3 is 1. The number of piperidine rings is 1. The lowest BCUT2D eigenvalue weighted by Gasteiger charge is -2.34. The zero-order valence-corrected chi connectivity index (χ0v) is 14.7. The van der Waals surface area contributed by atoms with Crippen LogP contribution in [0.3, 0.4) is 0 Å². The summed E-state index contributed by atoms with van der Waals surface area (Å²) in [7, 11) is 1.15. The smallest absolute Gasteiger partial charge is 0.433 e. The Morgan fingerprint density at radius 3 is 2.29 bits per heavy atom. The molecular formula is C18H16F6N2O2. The lowest BCUT2D eigenvalue weighted by Crippen LogP contribution is -2.39. The number of anilines is 1. The van der Waals surface area contributed by atoms with Gasteiger partial charge >= 0.3 is 18.3 Å². The van der Waals surface area contributed by atoms with E-state index in [0.29, 0.717) is 5.39 Å². The molecule has 0 N–H and O–H groups in total. The molecule has 0 atom stereocenters. The minimum absolute atomic E-state index is 0.0399. The second kappa shape index (κ2) is 7.14. The molecule has 1 fully saturated rings. The lowest BCUT2D eigenvalue weighted by atomic mass is 9.96. The van der Waals surface area contributed by atoms with Crippen molar-refractivity contribution < 1.29 is 35.9 Å². The van der Waals surface area contributed by atoms with Crippen LogP contribution >= 0.6 is 0 Å². The Hall–Kier alpha value is -2.52. The molecule has 4 nitrogen and oxygen atoms in total. The third-order valence-corrected chi connectivity index (χ3v) is 4.78. The molecule has 1 aliphatic heterocycles. The number of fused-ring (bicyclic) bond motifs is 1. The molecule has 152 valence electrons. The number of aromatic nitrogens is 1. The third kappa shape index (κ3) is 4.00. The van der Waals surface area contributed by atoms with Gasteiger partial charge in [0.2, 0.25) is 0 Å². The molecule has 0 amide bonds. The van der Waals surface area contributed by atoms with E-state index in [1.807, 2.05) is 0 Å². The van der Waals surface area contributed by atoms with Crippen LogP contribution in [0.25, 0.3) is 10.8 Å². The van der Waals surface area contributed by atoms with Gasteiger partial charge in [0.15, 0.2) is 0 Å². The normalized spacial score (nSPS) is 16.5. The Morgan fingerprint density at radius 1 is 1.11 bits per heavy atom. The minimum atomic E-state index is -4.74. The van der Waals surface area contributed by atoms with E-state index in [1.54, 1.807) is 0 Å². The molecule has 0 bridgehead atoms. The number of nitrogens with zero attached hydrogens (tertiary/aromatic N) is 2. The zero-order valence-electron chi connectivity index (χ0n) is 14.7. The van der Waals surface area contributed by atoms with Crippen molar-refractivity contribution in [1.82, 2.24) is 4.98 Å².